The second-order valence-electron chi connectivity index (χ2n) is 6.56. The second kappa shape index (κ2) is 9.54. The zero-order valence-corrected chi connectivity index (χ0v) is 17.9. The van der Waals surface area contributed by atoms with Crippen molar-refractivity contribution in [3.63, 3.8) is 0 Å². The van der Waals surface area contributed by atoms with Gasteiger partial charge < -0.3 is 18.6 Å². The number of para-hydroxylation sites is 1. The molecule has 1 atom stereocenters. The first-order chi connectivity index (χ1) is 14.5. The van der Waals surface area contributed by atoms with Gasteiger partial charge in [-0.3, -0.25) is 4.79 Å². The van der Waals surface area contributed by atoms with Crippen molar-refractivity contribution in [3.8, 4) is 17.2 Å². The van der Waals surface area contributed by atoms with Crippen LogP contribution in [0.5, 0.6) is 17.2 Å². The average Bonchev–Trinajstić information content (AvgIpc) is 3.19. The number of nitrogens with one attached hydrogen (secondary N) is 1. The molecule has 30 heavy (non-hydrogen) atoms. The van der Waals surface area contributed by atoms with E-state index in [4.69, 9.17) is 30.2 Å². The van der Waals surface area contributed by atoms with Crippen LogP contribution in [0.1, 0.15) is 36.4 Å². The minimum absolute atomic E-state index is 0.00219. The van der Waals surface area contributed by atoms with Crippen LogP contribution in [0.2, 0.25) is 5.02 Å². The molecule has 0 aliphatic carbocycles. The fourth-order valence-electron chi connectivity index (χ4n) is 2.74. The van der Waals surface area contributed by atoms with Gasteiger partial charge in [-0.05, 0) is 43.2 Å². The van der Waals surface area contributed by atoms with Gasteiger partial charge in [-0.2, -0.15) is 5.10 Å². The minimum atomic E-state index is -0.487. The molecule has 0 fully saturated rings. The highest BCUT2D eigenvalue weighted by atomic mass is 35.5. The number of methoxy groups -OCH3 is 2. The van der Waals surface area contributed by atoms with E-state index in [1.807, 2.05) is 26.0 Å². The zero-order valence-electron chi connectivity index (χ0n) is 17.2. The lowest BCUT2D eigenvalue weighted by Crippen LogP contribution is -2.16. The van der Waals surface area contributed by atoms with E-state index in [1.165, 1.54) is 13.3 Å². The van der Waals surface area contributed by atoms with Crippen molar-refractivity contribution in [2.75, 3.05) is 14.2 Å². The number of hydrogen-bond acceptors (Lipinski definition) is 6. The SMILES string of the molecule is CC[C@H](C)Oc1c(Cl)cc(/C=N\NC(=O)c2cc3cccc(OC)c3o2)cc1OC. The maximum absolute atomic E-state index is 12.4. The summed E-state index contributed by atoms with van der Waals surface area (Å²) in [7, 11) is 3.08. The summed E-state index contributed by atoms with van der Waals surface area (Å²) in [5.74, 6) is 1.15. The Hall–Kier alpha value is -3.19. The van der Waals surface area contributed by atoms with E-state index in [2.05, 4.69) is 10.5 Å². The molecule has 1 N–H and O–H groups in total. The topological polar surface area (TPSA) is 82.3 Å². The third-order valence-corrected chi connectivity index (χ3v) is 4.76. The van der Waals surface area contributed by atoms with Crippen molar-refractivity contribution in [2.24, 2.45) is 5.10 Å². The van der Waals surface area contributed by atoms with Crippen molar-refractivity contribution in [2.45, 2.75) is 26.4 Å². The Morgan fingerprint density at radius 2 is 2.00 bits per heavy atom. The molecule has 0 spiro atoms. The predicted octanol–water partition coefficient (Wildman–Crippen LogP) is 5.04. The summed E-state index contributed by atoms with van der Waals surface area (Å²) >= 11 is 6.34. The number of nitrogens with zero attached hydrogens (tertiary/aromatic N) is 1. The molecule has 1 amide bonds. The molecule has 1 heterocycles. The van der Waals surface area contributed by atoms with Crippen LogP contribution < -0.4 is 19.6 Å². The van der Waals surface area contributed by atoms with E-state index >= 15 is 0 Å². The molecule has 0 aliphatic heterocycles. The summed E-state index contributed by atoms with van der Waals surface area (Å²) in [6.45, 7) is 3.97. The number of furan rings is 1. The first-order valence-corrected chi connectivity index (χ1v) is 9.78. The lowest BCUT2D eigenvalue weighted by atomic mass is 10.2. The van der Waals surface area contributed by atoms with E-state index in [1.54, 1.807) is 31.4 Å². The molecule has 0 saturated heterocycles. The first kappa shape index (κ1) is 21.5. The van der Waals surface area contributed by atoms with Gasteiger partial charge in [0.25, 0.3) is 0 Å². The predicted molar refractivity (Wildman–Crippen MR) is 116 cm³/mol. The van der Waals surface area contributed by atoms with Gasteiger partial charge in [0.1, 0.15) is 0 Å². The lowest BCUT2D eigenvalue weighted by molar-refractivity contribution is 0.0929. The van der Waals surface area contributed by atoms with Gasteiger partial charge in [0.05, 0.1) is 31.6 Å². The van der Waals surface area contributed by atoms with Crippen LogP contribution in [0.3, 0.4) is 0 Å². The summed E-state index contributed by atoms with van der Waals surface area (Å²) in [6.07, 6.45) is 2.29. The van der Waals surface area contributed by atoms with Crippen molar-refractivity contribution < 1.29 is 23.4 Å². The van der Waals surface area contributed by atoms with Crippen LogP contribution in [0.25, 0.3) is 11.0 Å². The average molecular weight is 431 g/mol. The van der Waals surface area contributed by atoms with Gasteiger partial charge in [-0.25, -0.2) is 5.43 Å². The Kier molecular flexibility index (Phi) is 6.84. The molecule has 0 bridgehead atoms. The maximum Gasteiger partial charge on any atom is 0.307 e. The normalized spacial score (nSPS) is 12.2. The molecule has 2 aromatic carbocycles. The largest absolute Gasteiger partial charge is 0.493 e. The Balaban J connectivity index is 1.75. The second-order valence-corrected chi connectivity index (χ2v) is 6.97. The molecule has 7 nitrogen and oxygen atoms in total. The lowest BCUT2D eigenvalue weighted by Gasteiger charge is -2.17. The van der Waals surface area contributed by atoms with E-state index in [-0.39, 0.29) is 11.9 Å². The van der Waals surface area contributed by atoms with Crippen molar-refractivity contribution in [3.05, 3.63) is 52.7 Å². The number of carbonyl (C=O) groups excluding carboxylic acids is 1. The number of amides is 1. The Morgan fingerprint density at radius 3 is 2.70 bits per heavy atom. The molecule has 158 valence electrons. The molecule has 0 saturated carbocycles. The summed E-state index contributed by atoms with van der Waals surface area (Å²) in [5.41, 5.74) is 3.58. The number of hydrogen-bond donors (Lipinski definition) is 1. The highest BCUT2D eigenvalue weighted by Crippen LogP contribution is 2.37. The van der Waals surface area contributed by atoms with Crippen LogP contribution in [0.15, 0.2) is 45.9 Å². The van der Waals surface area contributed by atoms with Gasteiger partial charge in [0.15, 0.2) is 28.6 Å². The smallest absolute Gasteiger partial charge is 0.307 e. The van der Waals surface area contributed by atoms with Gasteiger partial charge >= 0.3 is 5.91 Å². The van der Waals surface area contributed by atoms with Crippen LogP contribution in [-0.2, 0) is 0 Å². The zero-order chi connectivity index (χ0) is 21.7. The Labute approximate surface area is 179 Å². The molecule has 3 aromatic rings. The minimum Gasteiger partial charge on any atom is -0.493 e. The van der Waals surface area contributed by atoms with Crippen LogP contribution in [0.4, 0.5) is 0 Å². The molecule has 1 aromatic heterocycles. The summed E-state index contributed by atoms with van der Waals surface area (Å²) in [6, 6.07) is 10.5. The van der Waals surface area contributed by atoms with E-state index in [9.17, 15) is 4.79 Å². The number of fused-ring (bicyclic) bond motifs is 1. The van der Waals surface area contributed by atoms with Crippen LogP contribution >= 0.6 is 11.6 Å². The molecule has 0 radical (unpaired) electrons. The number of ether oxygens (including phenoxy) is 3. The van der Waals surface area contributed by atoms with E-state index in [0.717, 1.165) is 11.8 Å². The van der Waals surface area contributed by atoms with Crippen LogP contribution in [-0.4, -0.2) is 32.4 Å². The van der Waals surface area contributed by atoms with E-state index < -0.39 is 5.91 Å². The van der Waals surface area contributed by atoms with Gasteiger partial charge in [-0.1, -0.05) is 30.7 Å². The number of carbonyl (C=O) groups is 1. The fourth-order valence-corrected chi connectivity index (χ4v) is 3.01. The van der Waals surface area contributed by atoms with E-state index in [0.29, 0.717) is 33.4 Å². The number of halogens is 1. The molecule has 0 aliphatic rings. The monoisotopic (exact) mass is 430 g/mol. The van der Waals surface area contributed by atoms with Crippen molar-refractivity contribution in [1.82, 2.24) is 5.43 Å². The number of rotatable bonds is 8. The molecular weight excluding hydrogens is 408 g/mol. The number of benzene rings is 2. The van der Waals surface area contributed by atoms with Gasteiger partial charge in [-0.15, -0.1) is 0 Å². The quantitative estimate of drug-likeness (QED) is 0.399. The van der Waals surface area contributed by atoms with Crippen LogP contribution in [0, 0.1) is 0 Å². The molecule has 8 heteroatoms. The Morgan fingerprint density at radius 1 is 1.23 bits per heavy atom. The summed E-state index contributed by atoms with van der Waals surface area (Å²) < 4.78 is 22.1. The summed E-state index contributed by atoms with van der Waals surface area (Å²) in [5, 5.41) is 5.14. The van der Waals surface area contributed by atoms with Crippen molar-refractivity contribution in [1.29, 1.82) is 0 Å². The molecule has 3 rings (SSSR count). The Bertz CT molecular complexity index is 1080. The van der Waals surface area contributed by atoms with Gasteiger partial charge in [0.2, 0.25) is 0 Å². The highest BCUT2D eigenvalue weighted by Gasteiger charge is 2.15. The third kappa shape index (κ3) is 4.68. The molecular formula is C22H23ClN2O5. The molecule has 0 unspecified atom stereocenters. The summed E-state index contributed by atoms with van der Waals surface area (Å²) in [4.78, 5) is 12.4. The number of hydrazone groups is 1. The maximum atomic E-state index is 12.4. The van der Waals surface area contributed by atoms with Gasteiger partial charge in [0, 0.05) is 5.39 Å². The highest BCUT2D eigenvalue weighted by molar-refractivity contribution is 6.32. The first-order valence-electron chi connectivity index (χ1n) is 9.41. The standard InChI is InChI=1S/C22H23ClN2O5/c1-5-13(2)29-21-16(23)9-14(10-18(21)28-4)12-24-25-22(26)19-11-15-7-6-8-17(27-3)20(15)30-19/h6-13H,5H2,1-4H3,(H,25,26)/b24-12-/t13-/m0/s1. The van der Waals surface area contributed by atoms with Crippen molar-refractivity contribution >= 4 is 34.7 Å². The fraction of sp³-hybridized carbons (Fsp3) is 0.273. The third-order valence-electron chi connectivity index (χ3n) is 4.48.